The van der Waals surface area contributed by atoms with E-state index in [1.165, 1.54) is 27.4 Å². The summed E-state index contributed by atoms with van der Waals surface area (Å²) in [7, 11) is 4.49. The number of methoxy groups -OCH3 is 3. The lowest BCUT2D eigenvalue weighted by Gasteiger charge is -2.15. The molecule has 7 heteroatoms. The first-order valence-corrected chi connectivity index (χ1v) is 8.81. The lowest BCUT2D eigenvalue weighted by Crippen LogP contribution is -2.08. The molecule has 0 unspecified atom stereocenters. The maximum absolute atomic E-state index is 12.8. The van der Waals surface area contributed by atoms with Crippen LogP contribution in [0.1, 0.15) is 15.9 Å². The van der Waals surface area contributed by atoms with E-state index in [0.717, 1.165) is 10.0 Å². The van der Waals surface area contributed by atoms with Crippen LogP contribution < -0.4 is 14.2 Å². The maximum atomic E-state index is 12.8. The molecule has 6 nitrogen and oxygen atoms in total. The Hall–Kier alpha value is -2.35. The van der Waals surface area contributed by atoms with Gasteiger partial charge in [0.15, 0.2) is 19.4 Å². The number of allylic oxidation sites excluding steroid dienone is 1. The Morgan fingerprint density at radius 2 is 1.59 bits per heavy atom. The number of ketones is 1. The van der Waals surface area contributed by atoms with Crippen molar-refractivity contribution in [1.29, 1.82) is 0 Å². The minimum absolute atomic E-state index is 0.0202. The van der Waals surface area contributed by atoms with E-state index in [-0.39, 0.29) is 24.9 Å². The average Bonchev–Trinajstić information content (AvgIpc) is 2.69. The van der Waals surface area contributed by atoms with E-state index in [2.05, 4.69) is 15.9 Å². The van der Waals surface area contributed by atoms with Crippen molar-refractivity contribution in [2.24, 2.45) is 0 Å². The third-order valence-electron chi connectivity index (χ3n) is 3.48. The molecule has 0 saturated heterocycles. The van der Waals surface area contributed by atoms with Crippen molar-refractivity contribution >= 4 is 27.8 Å². The standard InChI is InChI=1S/C20H21BrO6/c1-23-12-26-16-10-18(25-3)20(19(11-16)27-13-24-2)17(22)9-6-14-4-7-15(21)8-5-14/h4-11H,12-13H2,1-3H3/b9-6+. The predicted octanol–water partition coefficient (Wildman–Crippen LogP) is 4.32. The summed E-state index contributed by atoms with van der Waals surface area (Å²) in [6.07, 6.45) is 3.19. The summed E-state index contributed by atoms with van der Waals surface area (Å²) in [5, 5.41) is 0. The van der Waals surface area contributed by atoms with Gasteiger partial charge in [-0.05, 0) is 23.8 Å². The maximum Gasteiger partial charge on any atom is 0.193 e. The number of hydrogen-bond acceptors (Lipinski definition) is 6. The second kappa shape index (κ2) is 10.7. The Labute approximate surface area is 166 Å². The van der Waals surface area contributed by atoms with Crippen molar-refractivity contribution < 1.29 is 28.5 Å². The highest BCUT2D eigenvalue weighted by Gasteiger charge is 2.19. The number of ether oxygens (including phenoxy) is 5. The second-order valence-corrected chi connectivity index (χ2v) is 6.27. The molecule has 0 heterocycles. The van der Waals surface area contributed by atoms with E-state index in [1.54, 1.807) is 18.2 Å². The first-order chi connectivity index (χ1) is 13.1. The van der Waals surface area contributed by atoms with E-state index < -0.39 is 0 Å². The third kappa shape index (κ3) is 6.09. The average molecular weight is 437 g/mol. The van der Waals surface area contributed by atoms with Crippen LogP contribution in [0.2, 0.25) is 0 Å². The van der Waals surface area contributed by atoms with Gasteiger partial charge in [-0.2, -0.15) is 0 Å². The van der Waals surface area contributed by atoms with Gasteiger partial charge in [-0.15, -0.1) is 0 Å². The van der Waals surface area contributed by atoms with E-state index in [1.807, 2.05) is 24.3 Å². The fourth-order valence-corrected chi connectivity index (χ4v) is 2.51. The molecule has 0 spiro atoms. The van der Waals surface area contributed by atoms with Crippen LogP contribution in [0.3, 0.4) is 0 Å². The molecule has 0 aromatic heterocycles. The van der Waals surface area contributed by atoms with Gasteiger partial charge in [-0.1, -0.05) is 34.1 Å². The smallest absolute Gasteiger partial charge is 0.193 e. The van der Waals surface area contributed by atoms with E-state index in [4.69, 9.17) is 23.7 Å². The van der Waals surface area contributed by atoms with Crippen molar-refractivity contribution in [1.82, 2.24) is 0 Å². The zero-order valence-corrected chi connectivity index (χ0v) is 16.9. The van der Waals surface area contributed by atoms with Crippen LogP contribution in [-0.2, 0) is 9.47 Å². The highest BCUT2D eigenvalue weighted by molar-refractivity contribution is 9.10. The Morgan fingerprint density at radius 3 is 2.22 bits per heavy atom. The third-order valence-corrected chi connectivity index (χ3v) is 4.01. The molecule has 0 aliphatic rings. The fourth-order valence-electron chi connectivity index (χ4n) is 2.25. The topological polar surface area (TPSA) is 63.2 Å². The number of carbonyl (C=O) groups excluding carboxylic acids is 1. The van der Waals surface area contributed by atoms with Gasteiger partial charge in [0.25, 0.3) is 0 Å². The minimum atomic E-state index is -0.265. The zero-order valence-electron chi connectivity index (χ0n) is 15.4. The van der Waals surface area contributed by atoms with Gasteiger partial charge in [-0.3, -0.25) is 4.79 Å². The molecule has 0 fully saturated rings. The summed E-state index contributed by atoms with van der Waals surface area (Å²) >= 11 is 3.38. The van der Waals surface area contributed by atoms with Gasteiger partial charge in [-0.25, -0.2) is 0 Å². The predicted molar refractivity (Wildman–Crippen MR) is 106 cm³/mol. The van der Waals surface area contributed by atoms with E-state index >= 15 is 0 Å². The first-order valence-electron chi connectivity index (χ1n) is 8.02. The number of halogens is 1. The number of rotatable bonds is 10. The summed E-state index contributed by atoms with van der Waals surface area (Å²) in [6, 6.07) is 10.8. The van der Waals surface area contributed by atoms with Gasteiger partial charge >= 0.3 is 0 Å². The molecule has 2 rings (SSSR count). The van der Waals surface area contributed by atoms with Crippen LogP contribution in [0.5, 0.6) is 17.2 Å². The lowest BCUT2D eigenvalue weighted by molar-refractivity contribution is 0.0453. The van der Waals surface area contributed by atoms with Crippen LogP contribution in [0.25, 0.3) is 6.08 Å². The molecule has 27 heavy (non-hydrogen) atoms. The zero-order chi connectivity index (χ0) is 19.6. The monoisotopic (exact) mass is 436 g/mol. The van der Waals surface area contributed by atoms with Crippen LogP contribution in [0.4, 0.5) is 0 Å². The molecule has 0 aliphatic carbocycles. The van der Waals surface area contributed by atoms with Crippen LogP contribution >= 0.6 is 15.9 Å². The Bertz CT molecular complexity index is 786. The molecule has 144 valence electrons. The van der Waals surface area contributed by atoms with E-state index in [9.17, 15) is 4.79 Å². The Balaban J connectivity index is 2.35. The number of benzene rings is 2. The summed E-state index contributed by atoms with van der Waals surface area (Å²) in [4.78, 5) is 12.8. The molecule has 0 radical (unpaired) electrons. The molecular weight excluding hydrogens is 416 g/mol. The molecule has 0 atom stereocenters. The van der Waals surface area contributed by atoms with Crippen molar-refractivity contribution in [2.75, 3.05) is 34.9 Å². The second-order valence-electron chi connectivity index (χ2n) is 5.35. The van der Waals surface area contributed by atoms with Gasteiger partial charge in [0.1, 0.15) is 22.8 Å². The SMILES string of the molecule is COCOc1cc(OC)c(C(=O)/C=C/c2ccc(Br)cc2)c(OCOC)c1. The molecular formula is C20H21BrO6. The van der Waals surface area contributed by atoms with Crippen LogP contribution in [0, 0.1) is 0 Å². The van der Waals surface area contributed by atoms with Crippen LogP contribution in [-0.4, -0.2) is 40.7 Å². The minimum Gasteiger partial charge on any atom is -0.496 e. The fraction of sp³-hybridized carbons (Fsp3) is 0.250. The summed E-state index contributed by atoms with van der Waals surface area (Å²) < 4.78 is 27.2. The van der Waals surface area contributed by atoms with E-state index in [0.29, 0.717) is 17.2 Å². The van der Waals surface area contributed by atoms with Crippen molar-refractivity contribution in [3.63, 3.8) is 0 Å². The van der Waals surface area contributed by atoms with Gasteiger partial charge in [0.05, 0.1) is 7.11 Å². The van der Waals surface area contributed by atoms with Gasteiger partial charge in [0.2, 0.25) is 0 Å². The molecule has 0 amide bonds. The van der Waals surface area contributed by atoms with Gasteiger partial charge in [0, 0.05) is 30.8 Å². The molecule has 0 N–H and O–H groups in total. The van der Waals surface area contributed by atoms with Crippen molar-refractivity contribution in [3.8, 4) is 17.2 Å². The number of carbonyl (C=O) groups is 1. The quantitative estimate of drug-likeness (QED) is 0.314. The largest absolute Gasteiger partial charge is 0.496 e. The normalized spacial score (nSPS) is 10.8. The number of hydrogen-bond donors (Lipinski definition) is 0. The summed E-state index contributed by atoms with van der Waals surface area (Å²) in [5.74, 6) is 0.820. The Morgan fingerprint density at radius 1 is 0.963 bits per heavy atom. The summed E-state index contributed by atoms with van der Waals surface area (Å²) in [6.45, 7) is 0.0389. The van der Waals surface area contributed by atoms with Crippen LogP contribution in [0.15, 0.2) is 46.9 Å². The molecule has 2 aromatic rings. The highest BCUT2D eigenvalue weighted by atomic mass is 79.9. The molecule has 0 saturated carbocycles. The van der Waals surface area contributed by atoms with Crippen molar-refractivity contribution in [3.05, 3.63) is 58.1 Å². The molecule has 0 aliphatic heterocycles. The molecule has 0 bridgehead atoms. The van der Waals surface area contributed by atoms with Crippen molar-refractivity contribution in [2.45, 2.75) is 0 Å². The molecule has 2 aromatic carbocycles. The first kappa shape index (κ1) is 21.0. The summed E-state index contributed by atoms with van der Waals surface area (Å²) in [5.41, 5.74) is 1.18. The van der Waals surface area contributed by atoms with Gasteiger partial charge < -0.3 is 23.7 Å². The highest BCUT2D eigenvalue weighted by Crippen LogP contribution is 2.35. The lowest BCUT2D eigenvalue weighted by atomic mass is 10.1. The Kier molecular flexibility index (Phi) is 8.32.